The molecule has 14 heavy (non-hydrogen) atoms. The first-order valence-corrected chi connectivity index (χ1v) is 3.82. The molecule has 0 fully saturated rings. The summed E-state index contributed by atoms with van der Waals surface area (Å²) in [6.45, 7) is 1.74. The minimum absolute atomic E-state index is 0.558. The molecular formula is C8H15NO5. The third kappa shape index (κ3) is 22.4. The van der Waals surface area contributed by atoms with Gasteiger partial charge in [-0.05, 0) is 7.05 Å². The van der Waals surface area contributed by atoms with Gasteiger partial charge in [-0.2, -0.15) is 0 Å². The first-order chi connectivity index (χ1) is 6.54. The molecule has 0 saturated heterocycles. The Morgan fingerprint density at radius 3 is 1.86 bits per heavy atom. The van der Waals surface area contributed by atoms with E-state index in [4.69, 9.17) is 14.9 Å². The highest BCUT2D eigenvalue weighted by atomic mass is 16.5. The molecule has 0 spiro atoms. The second kappa shape index (κ2) is 11.6. The van der Waals surface area contributed by atoms with Crippen molar-refractivity contribution in [3.63, 3.8) is 0 Å². The number of methoxy groups -OCH3 is 1. The molecule has 0 aliphatic rings. The Balaban J connectivity index is 0. The highest BCUT2D eigenvalue weighted by Crippen LogP contribution is 1.70. The van der Waals surface area contributed by atoms with E-state index in [0.29, 0.717) is 12.2 Å². The summed E-state index contributed by atoms with van der Waals surface area (Å²) in [6.07, 6.45) is 1.12. The van der Waals surface area contributed by atoms with E-state index in [1.165, 1.54) is 0 Å². The molecule has 82 valence electrons. The van der Waals surface area contributed by atoms with E-state index in [1.807, 2.05) is 7.05 Å². The van der Waals surface area contributed by atoms with Crippen LogP contribution in [0.1, 0.15) is 0 Å². The fourth-order valence-corrected chi connectivity index (χ4v) is 0.347. The van der Waals surface area contributed by atoms with Gasteiger partial charge in [0.05, 0.1) is 6.61 Å². The molecule has 0 amide bonds. The van der Waals surface area contributed by atoms with Crippen molar-refractivity contribution in [3.05, 3.63) is 12.2 Å². The van der Waals surface area contributed by atoms with E-state index in [0.717, 1.165) is 13.2 Å². The van der Waals surface area contributed by atoms with Crippen LogP contribution in [-0.4, -0.2) is 49.5 Å². The number of carboxylic acids is 2. The number of likely N-dealkylation sites (N-methyl/N-ethyl adjacent to an activating group) is 1. The molecule has 6 nitrogen and oxygen atoms in total. The van der Waals surface area contributed by atoms with E-state index in [2.05, 4.69) is 5.32 Å². The minimum atomic E-state index is -1.26. The van der Waals surface area contributed by atoms with Gasteiger partial charge in [0, 0.05) is 25.8 Å². The zero-order valence-electron chi connectivity index (χ0n) is 8.19. The second-order valence-corrected chi connectivity index (χ2v) is 2.11. The van der Waals surface area contributed by atoms with Gasteiger partial charge < -0.3 is 20.3 Å². The highest BCUT2D eigenvalue weighted by Gasteiger charge is 1.88. The van der Waals surface area contributed by atoms with Crippen molar-refractivity contribution < 1.29 is 24.5 Å². The Morgan fingerprint density at radius 2 is 1.71 bits per heavy atom. The van der Waals surface area contributed by atoms with Crippen LogP contribution in [0.15, 0.2) is 12.2 Å². The van der Waals surface area contributed by atoms with Crippen molar-refractivity contribution >= 4 is 11.9 Å². The maximum absolute atomic E-state index is 9.55. The Labute approximate surface area is 82.2 Å². The number of rotatable bonds is 5. The zero-order chi connectivity index (χ0) is 11.4. The summed E-state index contributed by atoms with van der Waals surface area (Å²) < 4.78 is 4.72. The maximum atomic E-state index is 9.55. The SMILES string of the molecule is CNCCOC.O=C(O)C=CC(=O)O. The lowest BCUT2D eigenvalue weighted by Gasteiger charge is -1.92. The third-order valence-electron chi connectivity index (χ3n) is 0.925. The molecule has 0 aliphatic heterocycles. The molecule has 0 saturated carbocycles. The molecule has 3 N–H and O–H groups in total. The summed E-state index contributed by atoms with van der Waals surface area (Å²) in [5, 5.41) is 18.6. The highest BCUT2D eigenvalue weighted by molar-refractivity contribution is 5.89. The first kappa shape index (κ1) is 15.1. The van der Waals surface area contributed by atoms with Gasteiger partial charge in [0.2, 0.25) is 0 Å². The van der Waals surface area contributed by atoms with Crippen molar-refractivity contribution in [2.75, 3.05) is 27.3 Å². The van der Waals surface area contributed by atoms with E-state index >= 15 is 0 Å². The summed E-state index contributed by atoms with van der Waals surface area (Å²) in [7, 11) is 3.59. The lowest BCUT2D eigenvalue weighted by atomic mass is 10.5. The van der Waals surface area contributed by atoms with Crippen LogP contribution in [0.25, 0.3) is 0 Å². The summed E-state index contributed by atoms with van der Waals surface area (Å²) in [5.74, 6) is -2.51. The van der Waals surface area contributed by atoms with Gasteiger partial charge in [0.25, 0.3) is 0 Å². The van der Waals surface area contributed by atoms with Crippen LogP contribution in [0.2, 0.25) is 0 Å². The molecule has 0 atom stereocenters. The van der Waals surface area contributed by atoms with Crippen LogP contribution in [0.3, 0.4) is 0 Å². The zero-order valence-corrected chi connectivity index (χ0v) is 8.19. The Morgan fingerprint density at radius 1 is 1.29 bits per heavy atom. The average molecular weight is 205 g/mol. The van der Waals surface area contributed by atoms with Crippen LogP contribution in [0.4, 0.5) is 0 Å². The standard InChI is InChI=1S/C4H11NO.C4H4O4/c1-5-3-4-6-2;5-3(6)1-2-4(7)8/h5H,3-4H2,1-2H3;1-2H,(H,5,6)(H,7,8). The van der Waals surface area contributed by atoms with Gasteiger partial charge in [-0.15, -0.1) is 0 Å². The predicted molar refractivity (Wildman–Crippen MR) is 50.2 cm³/mol. The molecule has 0 bridgehead atoms. The van der Waals surface area contributed by atoms with Crippen LogP contribution < -0.4 is 5.32 Å². The Bertz CT molecular complexity index is 170. The number of carboxylic acid groups (broad SMARTS) is 2. The minimum Gasteiger partial charge on any atom is -0.478 e. The van der Waals surface area contributed by atoms with E-state index in [9.17, 15) is 9.59 Å². The van der Waals surface area contributed by atoms with Crippen molar-refractivity contribution in [2.24, 2.45) is 0 Å². The molecule has 0 aromatic rings. The molecular weight excluding hydrogens is 190 g/mol. The lowest BCUT2D eigenvalue weighted by Crippen LogP contribution is -2.12. The summed E-state index contributed by atoms with van der Waals surface area (Å²) >= 11 is 0. The number of aliphatic carboxylic acids is 2. The van der Waals surface area contributed by atoms with Gasteiger partial charge in [-0.1, -0.05) is 0 Å². The van der Waals surface area contributed by atoms with Crippen molar-refractivity contribution in [1.82, 2.24) is 5.32 Å². The summed E-state index contributed by atoms with van der Waals surface area (Å²) in [4.78, 5) is 19.1. The van der Waals surface area contributed by atoms with E-state index in [-0.39, 0.29) is 0 Å². The van der Waals surface area contributed by atoms with Crippen LogP contribution in [-0.2, 0) is 14.3 Å². The third-order valence-corrected chi connectivity index (χ3v) is 0.925. The number of nitrogens with one attached hydrogen (secondary N) is 1. The molecule has 0 aliphatic carbocycles. The lowest BCUT2D eigenvalue weighted by molar-refractivity contribution is -0.134. The van der Waals surface area contributed by atoms with Gasteiger partial charge in [-0.25, -0.2) is 9.59 Å². The van der Waals surface area contributed by atoms with E-state index in [1.54, 1.807) is 7.11 Å². The second-order valence-electron chi connectivity index (χ2n) is 2.11. The Kier molecular flexibility index (Phi) is 12.5. The largest absolute Gasteiger partial charge is 0.478 e. The molecule has 0 aromatic heterocycles. The van der Waals surface area contributed by atoms with Crippen LogP contribution >= 0.6 is 0 Å². The van der Waals surface area contributed by atoms with Crippen molar-refractivity contribution in [2.45, 2.75) is 0 Å². The normalized spacial score (nSPS) is 9.29. The number of carbonyl (C=O) groups is 2. The predicted octanol–water partition coefficient (Wildman–Crippen LogP) is -0.436. The molecule has 0 unspecified atom stereocenters. The Hall–Kier alpha value is -1.40. The molecule has 0 radical (unpaired) electrons. The number of ether oxygens (including phenoxy) is 1. The summed E-state index contributed by atoms with van der Waals surface area (Å²) in [6, 6.07) is 0. The van der Waals surface area contributed by atoms with E-state index < -0.39 is 11.9 Å². The quantitative estimate of drug-likeness (QED) is 0.416. The number of hydrogen-bond acceptors (Lipinski definition) is 4. The van der Waals surface area contributed by atoms with Crippen molar-refractivity contribution in [1.29, 1.82) is 0 Å². The maximum Gasteiger partial charge on any atom is 0.328 e. The summed E-state index contributed by atoms with van der Waals surface area (Å²) in [5.41, 5.74) is 0. The molecule has 0 aromatic carbocycles. The van der Waals surface area contributed by atoms with Gasteiger partial charge >= 0.3 is 11.9 Å². The fourth-order valence-electron chi connectivity index (χ4n) is 0.347. The van der Waals surface area contributed by atoms with Gasteiger partial charge in [0.15, 0.2) is 0 Å². The molecule has 0 rings (SSSR count). The topological polar surface area (TPSA) is 95.9 Å². The average Bonchev–Trinajstić information content (AvgIpc) is 2.12. The first-order valence-electron chi connectivity index (χ1n) is 3.82. The molecule has 6 heteroatoms. The monoisotopic (exact) mass is 205 g/mol. The smallest absolute Gasteiger partial charge is 0.328 e. The molecule has 0 heterocycles. The fraction of sp³-hybridized carbons (Fsp3) is 0.500. The van der Waals surface area contributed by atoms with Gasteiger partial charge in [0.1, 0.15) is 0 Å². The van der Waals surface area contributed by atoms with Crippen molar-refractivity contribution in [3.8, 4) is 0 Å². The van der Waals surface area contributed by atoms with Crippen LogP contribution in [0, 0.1) is 0 Å². The van der Waals surface area contributed by atoms with Gasteiger partial charge in [-0.3, -0.25) is 0 Å². The van der Waals surface area contributed by atoms with Crippen LogP contribution in [0.5, 0.6) is 0 Å². The number of hydrogen-bond donors (Lipinski definition) is 3.